The minimum absolute atomic E-state index is 0.166. The van der Waals surface area contributed by atoms with E-state index in [-0.39, 0.29) is 10.8 Å². The first kappa shape index (κ1) is 18.4. The zero-order chi connectivity index (χ0) is 19.3. The Morgan fingerprint density at radius 1 is 0.926 bits per heavy atom. The maximum atomic E-state index is 12.3. The van der Waals surface area contributed by atoms with Crippen molar-refractivity contribution in [1.29, 1.82) is 0 Å². The number of nitrogens with zero attached hydrogens (tertiary/aromatic N) is 1. The summed E-state index contributed by atoms with van der Waals surface area (Å²) in [6.45, 7) is 0. The topological polar surface area (TPSA) is 97.4 Å². The molecule has 1 aromatic heterocycles. The van der Waals surface area contributed by atoms with Crippen molar-refractivity contribution >= 4 is 27.3 Å². The van der Waals surface area contributed by atoms with Crippen LogP contribution in [0.15, 0.2) is 77.8 Å². The largest absolute Gasteiger partial charge is 0.481 e. The van der Waals surface area contributed by atoms with Crippen molar-refractivity contribution in [3.05, 3.63) is 78.5 Å². The van der Waals surface area contributed by atoms with Gasteiger partial charge < -0.3 is 10.1 Å². The third kappa shape index (κ3) is 4.62. The Hall–Kier alpha value is -3.39. The van der Waals surface area contributed by atoms with Crippen molar-refractivity contribution in [3.8, 4) is 5.88 Å². The lowest BCUT2D eigenvalue weighted by Crippen LogP contribution is -2.14. The second-order valence-corrected chi connectivity index (χ2v) is 7.22. The molecule has 0 spiro atoms. The summed E-state index contributed by atoms with van der Waals surface area (Å²) in [6.07, 6.45) is 1.49. The van der Waals surface area contributed by atoms with Gasteiger partial charge in [-0.1, -0.05) is 18.2 Å². The highest BCUT2D eigenvalue weighted by Crippen LogP contribution is 2.17. The monoisotopic (exact) mass is 383 g/mol. The summed E-state index contributed by atoms with van der Waals surface area (Å²) in [6, 6.07) is 17.5. The zero-order valence-corrected chi connectivity index (χ0v) is 15.2. The highest BCUT2D eigenvalue weighted by atomic mass is 32.2. The van der Waals surface area contributed by atoms with Crippen LogP contribution in [0.2, 0.25) is 0 Å². The van der Waals surface area contributed by atoms with Gasteiger partial charge in [0, 0.05) is 17.3 Å². The molecule has 2 N–H and O–H groups in total. The van der Waals surface area contributed by atoms with Crippen LogP contribution in [0.3, 0.4) is 0 Å². The van der Waals surface area contributed by atoms with Crippen LogP contribution in [-0.2, 0) is 10.0 Å². The molecule has 8 heteroatoms. The molecule has 0 atom stereocenters. The van der Waals surface area contributed by atoms with Crippen molar-refractivity contribution < 1.29 is 17.9 Å². The maximum absolute atomic E-state index is 12.3. The summed E-state index contributed by atoms with van der Waals surface area (Å²) >= 11 is 0. The Morgan fingerprint density at radius 2 is 1.59 bits per heavy atom. The van der Waals surface area contributed by atoms with Gasteiger partial charge in [-0.05, 0) is 42.5 Å². The number of ether oxygens (including phenoxy) is 1. The van der Waals surface area contributed by atoms with E-state index in [2.05, 4.69) is 15.0 Å². The SMILES string of the molecule is COc1ccc(NC(=O)c2ccc(NS(=O)(=O)c3ccccc3)cc2)cn1. The van der Waals surface area contributed by atoms with Gasteiger partial charge in [0.1, 0.15) is 0 Å². The van der Waals surface area contributed by atoms with Crippen LogP contribution in [0.25, 0.3) is 0 Å². The van der Waals surface area contributed by atoms with E-state index in [1.54, 1.807) is 30.3 Å². The van der Waals surface area contributed by atoms with Crippen molar-refractivity contribution in [2.24, 2.45) is 0 Å². The fourth-order valence-electron chi connectivity index (χ4n) is 2.28. The quantitative estimate of drug-likeness (QED) is 0.681. The summed E-state index contributed by atoms with van der Waals surface area (Å²) in [5.41, 5.74) is 1.27. The number of carbonyl (C=O) groups is 1. The van der Waals surface area contributed by atoms with E-state index in [0.717, 1.165) is 0 Å². The zero-order valence-electron chi connectivity index (χ0n) is 14.4. The van der Waals surface area contributed by atoms with Gasteiger partial charge in [0.2, 0.25) is 5.88 Å². The molecule has 0 radical (unpaired) electrons. The average molecular weight is 383 g/mol. The molecule has 7 nitrogen and oxygen atoms in total. The van der Waals surface area contributed by atoms with Gasteiger partial charge >= 0.3 is 0 Å². The van der Waals surface area contributed by atoms with Gasteiger partial charge in [0.15, 0.2) is 0 Å². The third-order valence-electron chi connectivity index (χ3n) is 3.66. The van der Waals surface area contributed by atoms with Crippen LogP contribution in [0, 0.1) is 0 Å². The predicted octanol–water partition coefficient (Wildman–Crippen LogP) is 3.14. The number of carbonyl (C=O) groups excluding carboxylic acids is 1. The molecule has 3 rings (SSSR count). The first-order chi connectivity index (χ1) is 13.0. The van der Waals surface area contributed by atoms with Crippen LogP contribution in [0.1, 0.15) is 10.4 Å². The Balaban J connectivity index is 1.68. The van der Waals surface area contributed by atoms with Crippen molar-refractivity contribution in [3.63, 3.8) is 0 Å². The van der Waals surface area contributed by atoms with Crippen LogP contribution >= 0.6 is 0 Å². The summed E-state index contributed by atoms with van der Waals surface area (Å²) in [7, 11) is -2.16. The second-order valence-electron chi connectivity index (χ2n) is 5.54. The molecule has 1 amide bonds. The minimum atomic E-state index is -3.67. The Bertz CT molecular complexity index is 1020. The highest BCUT2D eigenvalue weighted by molar-refractivity contribution is 7.92. The van der Waals surface area contributed by atoms with Crippen LogP contribution < -0.4 is 14.8 Å². The van der Waals surface area contributed by atoms with Gasteiger partial charge in [-0.3, -0.25) is 9.52 Å². The van der Waals surface area contributed by atoms with Gasteiger partial charge in [0.25, 0.3) is 15.9 Å². The van der Waals surface area contributed by atoms with E-state index in [9.17, 15) is 13.2 Å². The van der Waals surface area contributed by atoms with E-state index < -0.39 is 10.0 Å². The molecule has 3 aromatic rings. The number of nitrogens with one attached hydrogen (secondary N) is 2. The molecule has 0 saturated carbocycles. The molecule has 0 unspecified atom stereocenters. The number of benzene rings is 2. The lowest BCUT2D eigenvalue weighted by Gasteiger charge is -2.09. The maximum Gasteiger partial charge on any atom is 0.261 e. The van der Waals surface area contributed by atoms with E-state index in [4.69, 9.17) is 4.74 Å². The molecule has 0 bridgehead atoms. The van der Waals surface area contributed by atoms with Crippen molar-refractivity contribution in [2.75, 3.05) is 17.1 Å². The standard InChI is InChI=1S/C19H17N3O4S/c1-26-18-12-11-16(13-20-18)21-19(23)14-7-9-15(10-8-14)22-27(24,25)17-5-3-2-4-6-17/h2-13,22H,1H3,(H,21,23). The number of rotatable bonds is 6. The average Bonchev–Trinajstić information content (AvgIpc) is 2.69. The molecule has 0 aliphatic rings. The second kappa shape index (κ2) is 7.88. The van der Waals surface area contributed by atoms with Crippen LogP contribution in [0.5, 0.6) is 5.88 Å². The minimum Gasteiger partial charge on any atom is -0.481 e. The van der Waals surface area contributed by atoms with Crippen molar-refractivity contribution in [1.82, 2.24) is 4.98 Å². The Kier molecular flexibility index (Phi) is 5.37. The van der Waals surface area contributed by atoms with Crippen LogP contribution in [-0.4, -0.2) is 26.4 Å². The number of methoxy groups -OCH3 is 1. The third-order valence-corrected chi connectivity index (χ3v) is 5.05. The molecular weight excluding hydrogens is 366 g/mol. The molecule has 27 heavy (non-hydrogen) atoms. The molecule has 138 valence electrons. The number of hydrogen-bond acceptors (Lipinski definition) is 5. The molecule has 2 aromatic carbocycles. The predicted molar refractivity (Wildman–Crippen MR) is 102 cm³/mol. The lowest BCUT2D eigenvalue weighted by atomic mass is 10.2. The molecule has 0 saturated heterocycles. The van der Waals surface area contributed by atoms with Gasteiger partial charge in [-0.2, -0.15) is 0 Å². The lowest BCUT2D eigenvalue weighted by molar-refractivity contribution is 0.102. The number of aromatic nitrogens is 1. The van der Waals surface area contributed by atoms with E-state index in [0.29, 0.717) is 22.8 Å². The summed E-state index contributed by atoms with van der Waals surface area (Å²) < 4.78 is 32.1. The number of sulfonamides is 1. The first-order valence-corrected chi connectivity index (χ1v) is 9.45. The Morgan fingerprint density at radius 3 is 2.19 bits per heavy atom. The molecule has 0 aliphatic heterocycles. The van der Waals surface area contributed by atoms with Gasteiger partial charge in [-0.25, -0.2) is 13.4 Å². The van der Waals surface area contributed by atoms with Gasteiger partial charge in [-0.15, -0.1) is 0 Å². The molecular formula is C19H17N3O4S. The van der Waals surface area contributed by atoms with E-state index in [1.807, 2.05) is 0 Å². The fourth-order valence-corrected chi connectivity index (χ4v) is 3.36. The Labute approximate surface area is 157 Å². The summed E-state index contributed by atoms with van der Waals surface area (Å²) in [5, 5.41) is 2.71. The molecule has 0 aliphatic carbocycles. The molecule has 0 fully saturated rings. The van der Waals surface area contributed by atoms with E-state index >= 15 is 0 Å². The van der Waals surface area contributed by atoms with Gasteiger partial charge in [0.05, 0.1) is 23.9 Å². The van der Waals surface area contributed by atoms with Crippen LogP contribution in [0.4, 0.5) is 11.4 Å². The van der Waals surface area contributed by atoms with E-state index in [1.165, 1.54) is 49.7 Å². The summed E-state index contributed by atoms with van der Waals surface area (Å²) in [5.74, 6) is 0.113. The smallest absolute Gasteiger partial charge is 0.261 e. The number of anilines is 2. The first-order valence-electron chi connectivity index (χ1n) is 7.97. The fraction of sp³-hybridized carbons (Fsp3) is 0.0526. The normalized spacial score (nSPS) is 10.9. The number of pyridine rings is 1. The summed E-state index contributed by atoms with van der Waals surface area (Å²) in [4.78, 5) is 16.5. The number of hydrogen-bond donors (Lipinski definition) is 2. The van der Waals surface area contributed by atoms with Crippen molar-refractivity contribution in [2.45, 2.75) is 4.90 Å². The highest BCUT2D eigenvalue weighted by Gasteiger charge is 2.14. The molecule has 1 heterocycles. The number of amides is 1.